The van der Waals surface area contributed by atoms with Crippen LogP contribution in [0.5, 0.6) is 0 Å². The summed E-state index contributed by atoms with van der Waals surface area (Å²) in [4.78, 5) is 7.09. The number of para-hydroxylation sites is 2. The molecule has 4 heteroatoms. The van der Waals surface area contributed by atoms with Crippen LogP contribution in [0.4, 0.5) is 6.01 Å². The molecule has 0 bridgehead atoms. The van der Waals surface area contributed by atoms with Gasteiger partial charge in [-0.25, -0.2) is 0 Å². The number of benzene rings is 1. The fourth-order valence-corrected chi connectivity index (χ4v) is 2.98. The van der Waals surface area contributed by atoms with Gasteiger partial charge in [-0.1, -0.05) is 12.1 Å². The molecular weight excluding hydrogens is 238 g/mol. The van der Waals surface area contributed by atoms with Crippen LogP contribution in [0.3, 0.4) is 0 Å². The zero-order valence-electron chi connectivity index (χ0n) is 11.0. The van der Waals surface area contributed by atoms with Crippen LogP contribution in [0, 0.1) is 5.92 Å². The maximum Gasteiger partial charge on any atom is 0.295 e. The van der Waals surface area contributed by atoms with E-state index in [4.69, 9.17) is 4.42 Å². The second-order valence-electron chi connectivity index (χ2n) is 5.75. The number of fused-ring (bicyclic) bond motifs is 1. The normalized spacial score (nSPS) is 24.1. The Kier molecular flexibility index (Phi) is 2.69. The summed E-state index contributed by atoms with van der Waals surface area (Å²) in [5.74, 6) is 0.732. The van der Waals surface area contributed by atoms with Crippen molar-refractivity contribution in [2.75, 3.05) is 25.0 Å². The minimum absolute atomic E-state index is 0.658. The highest BCUT2D eigenvalue weighted by Crippen LogP contribution is 2.31. The zero-order valence-corrected chi connectivity index (χ0v) is 11.0. The third-order valence-electron chi connectivity index (χ3n) is 4.22. The van der Waals surface area contributed by atoms with Gasteiger partial charge < -0.3 is 14.6 Å². The van der Waals surface area contributed by atoms with E-state index in [1.54, 1.807) is 0 Å². The van der Waals surface area contributed by atoms with Crippen molar-refractivity contribution < 1.29 is 4.42 Å². The van der Waals surface area contributed by atoms with E-state index in [9.17, 15) is 0 Å². The molecule has 2 aliphatic rings. The van der Waals surface area contributed by atoms with Gasteiger partial charge in [0.2, 0.25) is 0 Å². The molecule has 1 saturated heterocycles. The average molecular weight is 257 g/mol. The van der Waals surface area contributed by atoms with E-state index in [0.29, 0.717) is 6.01 Å². The average Bonchev–Trinajstić information content (AvgIpc) is 3.03. The van der Waals surface area contributed by atoms with Crippen LogP contribution in [-0.2, 0) is 0 Å². The first-order valence-corrected chi connectivity index (χ1v) is 7.22. The van der Waals surface area contributed by atoms with Gasteiger partial charge in [-0.3, -0.25) is 0 Å². The molecule has 1 aliphatic heterocycles. The summed E-state index contributed by atoms with van der Waals surface area (Å²) in [7, 11) is 0. The number of nitrogens with one attached hydrogen (secondary N) is 1. The van der Waals surface area contributed by atoms with Gasteiger partial charge in [0, 0.05) is 19.1 Å². The minimum Gasteiger partial charge on any atom is -0.424 e. The van der Waals surface area contributed by atoms with Crippen molar-refractivity contribution in [2.45, 2.75) is 25.3 Å². The number of anilines is 1. The Hall–Kier alpha value is -1.55. The van der Waals surface area contributed by atoms with Crippen molar-refractivity contribution in [3.8, 4) is 0 Å². The van der Waals surface area contributed by atoms with Gasteiger partial charge in [0.15, 0.2) is 5.58 Å². The first-order chi connectivity index (χ1) is 9.38. The van der Waals surface area contributed by atoms with E-state index >= 15 is 0 Å². The summed E-state index contributed by atoms with van der Waals surface area (Å²) in [5.41, 5.74) is 1.78. The zero-order chi connectivity index (χ0) is 12.7. The molecule has 0 amide bonds. The molecule has 1 N–H and O–H groups in total. The number of oxazole rings is 1. The highest BCUT2D eigenvalue weighted by molar-refractivity contribution is 5.74. The molecule has 2 fully saturated rings. The Morgan fingerprint density at radius 1 is 1.26 bits per heavy atom. The number of aromatic nitrogens is 1. The lowest BCUT2D eigenvalue weighted by Gasteiger charge is -2.14. The fraction of sp³-hybridized carbons (Fsp3) is 0.533. The second kappa shape index (κ2) is 4.53. The maximum absolute atomic E-state index is 5.68. The van der Waals surface area contributed by atoms with Crippen molar-refractivity contribution in [2.24, 2.45) is 5.92 Å². The van der Waals surface area contributed by atoms with Crippen LogP contribution in [0.2, 0.25) is 0 Å². The van der Waals surface area contributed by atoms with Crippen LogP contribution >= 0.6 is 0 Å². The van der Waals surface area contributed by atoms with Crippen LogP contribution < -0.4 is 5.32 Å². The molecule has 19 heavy (non-hydrogen) atoms. The van der Waals surface area contributed by atoms with E-state index in [1.807, 2.05) is 24.3 Å². The predicted molar refractivity (Wildman–Crippen MR) is 75.2 cm³/mol. The lowest BCUT2D eigenvalue weighted by Crippen LogP contribution is -2.24. The molecule has 0 radical (unpaired) electrons. The number of hydrogen-bond donors (Lipinski definition) is 1. The molecule has 2 aromatic rings. The van der Waals surface area contributed by atoms with Gasteiger partial charge >= 0.3 is 0 Å². The van der Waals surface area contributed by atoms with Crippen molar-refractivity contribution >= 4 is 17.1 Å². The molecule has 1 unspecified atom stereocenters. The van der Waals surface area contributed by atoms with E-state index in [0.717, 1.165) is 29.6 Å². The smallest absolute Gasteiger partial charge is 0.295 e. The molecule has 1 atom stereocenters. The first kappa shape index (κ1) is 11.3. The molecule has 4 rings (SSSR count). The monoisotopic (exact) mass is 257 g/mol. The van der Waals surface area contributed by atoms with Crippen molar-refractivity contribution in [1.82, 2.24) is 9.88 Å². The molecular formula is C15H19N3O. The fourth-order valence-electron chi connectivity index (χ4n) is 2.98. The third-order valence-corrected chi connectivity index (χ3v) is 4.22. The summed E-state index contributed by atoms with van der Waals surface area (Å²) in [6, 6.07) is 9.45. The minimum atomic E-state index is 0.658. The molecule has 1 aromatic heterocycles. The van der Waals surface area contributed by atoms with Crippen LogP contribution in [0.15, 0.2) is 28.7 Å². The summed E-state index contributed by atoms with van der Waals surface area (Å²) in [6.07, 6.45) is 4.11. The third kappa shape index (κ3) is 2.32. The largest absolute Gasteiger partial charge is 0.424 e. The van der Waals surface area contributed by atoms with Crippen LogP contribution in [0.25, 0.3) is 11.1 Å². The molecule has 0 spiro atoms. The molecule has 1 aliphatic carbocycles. The SMILES string of the molecule is c1ccc2oc(NCC3CCN(C4CC4)C3)nc2c1. The molecule has 4 nitrogen and oxygen atoms in total. The van der Waals surface area contributed by atoms with E-state index in [-0.39, 0.29) is 0 Å². The maximum atomic E-state index is 5.68. The van der Waals surface area contributed by atoms with Crippen LogP contribution in [0.1, 0.15) is 19.3 Å². The summed E-state index contributed by atoms with van der Waals surface area (Å²) >= 11 is 0. The van der Waals surface area contributed by atoms with E-state index in [2.05, 4.69) is 15.2 Å². The molecule has 100 valence electrons. The van der Waals surface area contributed by atoms with Gasteiger partial charge in [0.05, 0.1) is 0 Å². The Labute approximate surface area is 112 Å². The molecule has 1 aromatic carbocycles. The lowest BCUT2D eigenvalue weighted by atomic mass is 10.1. The summed E-state index contributed by atoms with van der Waals surface area (Å²) in [6.45, 7) is 3.47. The molecule has 1 saturated carbocycles. The lowest BCUT2D eigenvalue weighted by molar-refractivity contribution is 0.316. The van der Waals surface area contributed by atoms with E-state index < -0.39 is 0 Å². The quantitative estimate of drug-likeness (QED) is 0.914. The number of nitrogens with zero attached hydrogens (tertiary/aromatic N) is 2. The van der Waals surface area contributed by atoms with Crippen molar-refractivity contribution in [1.29, 1.82) is 0 Å². The Morgan fingerprint density at radius 3 is 3.00 bits per heavy atom. The van der Waals surface area contributed by atoms with Crippen molar-refractivity contribution in [3.63, 3.8) is 0 Å². The highest BCUT2D eigenvalue weighted by atomic mass is 16.4. The van der Waals surface area contributed by atoms with Crippen LogP contribution in [-0.4, -0.2) is 35.6 Å². The highest BCUT2D eigenvalue weighted by Gasteiger charge is 2.34. The summed E-state index contributed by atoms with van der Waals surface area (Å²) < 4.78 is 5.68. The van der Waals surface area contributed by atoms with Gasteiger partial charge in [0.1, 0.15) is 5.52 Å². The molecule has 2 heterocycles. The first-order valence-electron chi connectivity index (χ1n) is 7.22. The Balaban J connectivity index is 1.36. The van der Waals surface area contributed by atoms with E-state index in [1.165, 1.54) is 32.4 Å². The number of likely N-dealkylation sites (tertiary alicyclic amines) is 1. The summed E-state index contributed by atoms with van der Waals surface area (Å²) in [5, 5.41) is 3.35. The standard InChI is InChI=1S/C15H19N3O/c1-2-4-14-13(3-1)17-15(19-14)16-9-11-7-8-18(10-11)12-5-6-12/h1-4,11-12H,5-10H2,(H,16,17). The van der Waals surface area contributed by atoms with Gasteiger partial charge in [0.25, 0.3) is 6.01 Å². The van der Waals surface area contributed by atoms with Gasteiger partial charge in [-0.05, 0) is 43.9 Å². The topological polar surface area (TPSA) is 41.3 Å². The van der Waals surface area contributed by atoms with Gasteiger partial charge in [-0.2, -0.15) is 4.98 Å². The van der Waals surface area contributed by atoms with Crippen molar-refractivity contribution in [3.05, 3.63) is 24.3 Å². The Morgan fingerprint density at radius 2 is 2.16 bits per heavy atom. The number of hydrogen-bond acceptors (Lipinski definition) is 4. The Bertz CT molecular complexity index is 543. The second-order valence-corrected chi connectivity index (χ2v) is 5.75. The number of rotatable bonds is 4. The predicted octanol–water partition coefficient (Wildman–Crippen LogP) is 2.72. The van der Waals surface area contributed by atoms with Gasteiger partial charge in [-0.15, -0.1) is 0 Å².